The standard InChI is InChI=1S/C35H32ClF3N10O2S/c36-23-11-21-28(27(39)26(23)20-3-4-24(38)29-25(20)22(13-40)30(41)52-29)44-32(51-16-35-6-1-8-47(35)14-19(37)12-35)45-31(21)46-10-7-34(15-46)5-2-9-48(34)33(50)49-18-42-17-43-49/h3-4,11,17-19H,1-2,5-10,12,14-16,41H2/t19-,34?,35+/m1/s1. The minimum Gasteiger partial charge on any atom is -0.461 e. The number of anilines is 2. The average molecular weight is 749 g/mol. The minimum atomic E-state index is -0.966. The number of rotatable bonds is 5. The van der Waals surface area contributed by atoms with Crippen LogP contribution in [-0.2, 0) is 0 Å². The number of hydrogen-bond donors (Lipinski definition) is 1. The maximum absolute atomic E-state index is 17.2. The third-order valence-electron chi connectivity index (χ3n) is 11.3. The molecule has 4 saturated heterocycles. The molecular formula is C35H32ClF3N10O2S. The Hall–Kier alpha value is -4.72. The van der Waals surface area contributed by atoms with Gasteiger partial charge in [-0.3, -0.25) is 4.90 Å². The van der Waals surface area contributed by atoms with E-state index in [1.165, 1.54) is 29.5 Å². The number of likely N-dealkylation sites (tertiary alicyclic amines) is 1. The van der Waals surface area contributed by atoms with Crippen LogP contribution in [0.25, 0.3) is 32.1 Å². The Morgan fingerprint density at radius 3 is 2.83 bits per heavy atom. The summed E-state index contributed by atoms with van der Waals surface area (Å²) < 4.78 is 54.4. The van der Waals surface area contributed by atoms with Crippen LogP contribution in [-0.4, -0.2) is 97.1 Å². The highest BCUT2D eigenvalue weighted by Gasteiger charge is 2.51. The van der Waals surface area contributed by atoms with Crippen molar-refractivity contribution in [2.45, 2.75) is 55.8 Å². The first-order valence-electron chi connectivity index (χ1n) is 17.2. The van der Waals surface area contributed by atoms with E-state index in [4.69, 9.17) is 27.1 Å². The van der Waals surface area contributed by atoms with Crippen molar-refractivity contribution < 1.29 is 22.7 Å². The van der Waals surface area contributed by atoms with Crippen LogP contribution >= 0.6 is 22.9 Å². The van der Waals surface area contributed by atoms with Crippen LogP contribution in [0.1, 0.15) is 44.1 Å². The summed E-state index contributed by atoms with van der Waals surface area (Å²) in [6.07, 6.45) is 5.92. The van der Waals surface area contributed by atoms with Gasteiger partial charge in [-0.1, -0.05) is 17.7 Å². The average Bonchev–Trinajstić information content (AvgIpc) is 3.98. The molecule has 9 rings (SSSR count). The number of alkyl halides is 1. The zero-order chi connectivity index (χ0) is 35.9. The van der Waals surface area contributed by atoms with Crippen LogP contribution in [0.3, 0.4) is 0 Å². The maximum Gasteiger partial charge on any atom is 0.346 e. The van der Waals surface area contributed by atoms with E-state index in [1.807, 2.05) is 15.9 Å². The molecule has 12 nitrogen and oxygen atoms in total. The summed E-state index contributed by atoms with van der Waals surface area (Å²) in [5.41, 5.74) is 5.13. The van der Waals surface area contributed by atoms with E-state index in [0.717, 1.165) is 43.6 Å². The zero-order valence-corrected chi connectivity index (χ0v) is 29.4. The van der Waals surface area contributed by atoms with Gasteiger partial charge in [0.25, 0.3) is 0 Å². The lowest BCUT2D eigenvalue weighted by atomic mass is 9.95. The number of benzene rings is 2. The normalized spacial score (nSPS) is 24.5. The second-order valence-corrected chi connectivity index (χ2v) is 15.6. The summed E-state index contributed by atoms with van der Waals surface area (Å²) in [5.74, 6) is -1.02. The third-order valence-corrected chi connectivity index (χ3v) is 12.7. The van der Waals surface area contributed by atoms with Gasteiger partial charge in [0.2, 0.25) is 0 Å². The van der Waals surface area contributed by atoms with Crippen molar-refractivity contribution in [3.05, 3.63) is 53.1 Å². The Labute approximate surface area is 304 Å². The minimum absolute atomic E-state index is 0.00304. The SMILES string of the molecule is N#Cc1c(N)sc2c(F)ccc(-c3c(Cl)cc4c(N5CCC6(CCCN6C(=O)n6cncn6)C5)nc(OC[C@@]56CCCN5C[C@H](F)C6)nc4c3F)c12. The largest absolute Gasteiger partial charge is 0.461 e. The van der Waals surface area contributed by atoms with Gasteiger partial charge in [0.05, 0.1) is 26.4 Å². The molecule has 268 valence electrons. The molecule has 4 aliphatic rings. The summed E-state index contributed by atoms with van der Waals surface area (Å²) in [5, 5.41) is 14.6. The Balaban J connectivity index is 1.17. The monoisotopic (exact) mass is 748 g/mol. The number of ether oxygens (including phenoxy) is 1. The van der Waals surface area contributed by atoms with Crippen molar-refractivity contribution in [1.29, 1.82) is 5.26 Å². The molecular weight excluding hydrogens is 717 g/mol. The molecule has 7 heterocycles. The molecule has 1 unspecified atom stereocenters. The molecule has 17 heteroatoms. The second-order valence-electron chi connectivity index (χ2n) is 14.2. The molecule has 2 aromatic carbocycles. The van der Waals surface area contributed by atoms with Crippen LogP contribution in [0.4, 0.5) is 28.8 Å². The number of carbonyl (C=O) groups is 1. The van der Waals surface area contributed by atoms with Crippen LogP contribution in [0.2, 0.25) is 5.02 Å². The molecule has 0 bridgehead atoms. The van der Waals surface area contributed by atoms with Gasteiger partial charge in [0.1, 0.15) is 53.7 Å². The summed E-state index contributed by atoms with van der Waals surface area (Å²) in [4.78, 5) is 32.8. The lowest BCUT2D eigenvalue weighted by molar-refractivity contribution is 0.107. The van der Waals surface area contributed by atoms with E-state index < -0.39 is 28.9 Å². The van der Waals surface area contributed by atoms with Crippen LogP contribution < -0.4 is 15.4 Å². The molecule has 4 fully saturated rings. The number of aromatic nitrogens is 5. The number of nitrogens with zero attached hydrogens (tertiary/aromatic N) is 9. The first-order chi connectivity index (χ1) is 25.1. The Bertz CT molecular complexity index is 2320. The molecule has 1 spiro atoms. The summed E-state index contributed by atoms with van der Waals surface area (Å²) in [7, 11) is 0. The fraction of sp³-hybridized carbons (Fsp3) is 0.429. The van der Waals surface area contributed by atoms with Crippen molar-refractivity contribution in [2.24, 2.45) is 0 Å². The van der Waals surface area contributed by atoms with E-state index in [1.54, 1.807) is 6.07 Å². The van der Waals surface area contributed by atoms with Crippen LogP contribution in [0.5, 0.6) is 6.01 Å². The molecule has 4 aliphatic heterocycles. The number of halogens is 4. The fourth-order valence-corrected chi connectivity index (χ4v) is 10.2. The van der Waals surface area contributed by atoms with E-state index in [0.29, 0.717) is 50.2 Å². The van der Waals surface area contributed by atoms with E-state index in [2.05, 4.69) is 20.0 Å². The molecule has 52 heavy (non-hydrogen) atoms. The Morgan fingerprint density at radius 1 is 1.17 bits per heavy atom. The zero-order valence-electron chi connectivity index (χ0n) is 27.8. The van der Waals surface area contributed by atoms with Gasteiger partial charge in [-0.25, -0.2) is 22.9 Å². The van der Waals surface area contributed by atoms with Gasteiger partial charge in [0.15, 0.2) is 5.82 Å². The van der Waals surface area contributed by atoms with Crippen molar-refractivity contribution >= 4 is 60.8 Å². The first kappa shape index (κ1) is 33.1. The lowest BCUT2D eigenvalue weighted by Gasteiger charge is -2.34. The number of amides is 1. The predicted octanol–water partition coefficient (Wildman–Crippen LogP) is 6.16. The van der Waals surface area contributed by atoms with Gasteiger partial charge in [0, 0.05) is 48.9 Å². The topological polar surface area (TPSA) is 142 Å². The van der Waals surface area contributed by atoms with Gasteiger partial charge < -0.3 is 20.3 Å². The number of thiophene rings is 1. The maximum atomic E-state index is 17.2. The number of fused-ring (bicyclic) bond motifs is 3. The number of hydrogen-bond acceptors (Lipinski definition) is 11. The Kier molecular flexibility index (Phi) is 7.76. The van der Waals surface area contributed by atoms with Crippen molar-refractivity contribution in [3.63, 3.8) is 0 Å². The number of nitrogen functional groups attached to an aromatic ring is 1. The molecule has 3 atom stereocenters. The summed E-state index contributed by atoms with van der Waals surface area (Å²) >= 11 is 7.81. The summed E-state index contributed by atoms with van der Waals surface area (Å²) in [6.45, 7) is 2.68. The molecule has 2 N–H and O–H groups in total. The molecule has 0 radical (unpaired) electrons. The third kappa shape index (κ3) is 5.00. The van der Waals surface area contributed by atoms with E-state index >= 15 is 4.39 Å². The van der Waals surface area contributed by atoms with E-state index in [9.17, 15) is 18.8 Å². The quantitative estimate of drug-likeness (QED) is 0.222. The second kappa shape index (κ2) is 12.2. The number of carbonyl (C=O) groups excluding carboxylic acids is 1. The van der Waals surface area contributed by atoms with Crippen LogP contribution in [0.15, 0.2) is 30.9 Å². The molecule has 0 saturated carbocycles. The van der Waals surface area contributed by atoms with Crippen molar-refractivity contribution in [2.75, 3.05) is 50.0 Å². The summed E-state index contributed by atoms with van der Waals surface area (Å²) in [6, 6.07) is 5.83. The fourth-order valence-electron chi connectivity index (χ4n) is 9.00. The Morgan fingerprint density at radius 2 is 2.02 bits per heavy atom. The smallest absolute Gasteiger partial charge is 0.346 e. The highest BCUT2D eigenvalue weighted by atomic mass is 35.5. The highest BCUT2D eigenvalue weighted by molar-refractivity contribution is 7.23. The highest BCUT2D eigenvalue weighted by Crippen LogP contribution is 2.47. The van der Waals surface area contributed by atoms with Gasteiger partial charge in [-0.15, -0.1) is 11.3 Å². The lowest BCUT2D eigenvalue weighted by Crippen LogP contribution is -2.50. The number of nitrogens with two attached hydrogens (primary N) is 1. The van der Waals surface area contributed by atoms with Crippen molar-refractivity contribution in [3.8, 4) is 23.2 Å². The van der Waals surface area contributed by atoms with Gasteiger partial charge in [-0.2, -0.15) is 25.0 Å². The molecule has 0 aliphatic carbocycles. The van der Waals surface area contributed by atoms with Crippen molar-refractivity contribution in [1.82, 2.24) is 34.5 Å². The van der Waals surface area contributed by atoms with Gasteiger partial charge >= 0.3 is 12.0 Å². The van der Waals surface area contributed by atoms with Crippen LogP contribution in [0, 0.1) is 23.0 Å². The number of nitriles is 1. The molecule has 3 aromatic heterocycles. The molecule has 1 amide bonds. The predicted molar refractivity (Wildman–Crippen MR) is 189 cm³/mol. The van der Waals surface area contributed by atoms with Gasteiger partial charge in [-0.05, 0) is 56.3 Å². The molecule has 5 aromatic rings. The van der Waals surface area contributed by atoms with E-state index in [-0.39, 0.29) is 61.0 Å². The first-order valence-corrected chi connectivity index (χ1v) is 18.3.